The highest BCUT2D eigenvalue weighted by molar-refractivity contribution is 6.24. The maximum absolute atomic E-state index is 2.48. The molecule has 0 unspecified atom stereocenters. The molecule has 0 radical (unpaired) electrons. The van der Waals surface area contributed by atoms with Crippen LogP contribution < -0.4 is 0 Å². The largest absolute Gasteiger partial charge is 0.348 e. The van der Waals surface area contributed by atoms with Crippen LogP contribution in [0.1, 0.15) is 141 Å². The number of fused-ring (bicyclic) bond motifs is 9. The molecule has 0 saturated heterocycles. The van der Waals surface area contributed by atoms with Gasteiger partial charge in [-0.15, -0.1) is 0 Å². The van der Waals surface area contributed by atoms with Gasteiger partial charge in [0, 0.05) is 47.3 Å². The molecule has 0 aliphatic carbocycles. The van der Waals surface area contributed by atoms with Crippen LogP contribution in [0.3, 0.4) is 0 Å². The van der Waals surface area contributed by atoms with Crippen molar-refractivity contribution in [2.24, 2.45) is 14.1 Å². The third-order valence-corrected chi connectivity index (χ3v) is 11.5. The quantitative estimate of drug-likeness (QED) is 0.0579. The molecule has 2 nitrogen and oxygen atoms in total. The molecule has 2 heterocycles. The minimum Gasteiger partial charge on any atom is -0.348 e. The van der Waals surface area contributed by atoms with Gasteiger partial charge >= 0.3 is 0 Å². The van der Waals surface area contributed by atoms with E-state index in [1.54, 1.807) is 0 Å². The molecule has 256 valence electrons. The van der Waals surface area contributed by atoms with Gasteiger partial charge in [0.1, 0.15) is 0 Å². The summed E-state index contributed by atoms with van der Waals surface area (Å²) in [5, 5.41) is 11.1. The molecule has 0 aliphatic rings. The number of rotatable bonds is 20. The Hall–Kier alpha value is -3.26. The Labute approximate surface area is 290 Å². The van der Waals surface area contributed by atoms with Crippen molar-refractivity contribution >= 4 is 54.1 Å². The van der Waals surface area contributed by atoms with Crippen LogP contribution in [0.2, 0.25) is 0 Å². The first kappa shape index (κ1) is 34.6. The monoisotopic (exact) mass is 642 g/mol. The number of unbranched alkanes of at least 4 members (excludes halogenated alkanes) is 16. The Bertz CT molecular complexity index is 1790. The zero-order valence-corrected chi connectivity index (χ0v) is 30.8. The van der Waals surface area contributed by atoms with Crippen molar-refractivity contribution in [1.82, 2.24) is 9.13 Å². The molecule has 6 aromatic rings. The molecule has 6 rings (SSSR count). The third-order valence-electron chi connectivity index (χ3n) is 11.5. The Balaban J connectivity index is 1.16. The van der Waals surface area contributed by atoms with Gasteiger partial charge in [0.15, 0.2) is 0 Å². The van der Waals surface area contributed by atoms with Crippen molar-refractivity contribution in [1.29, 1.82) is 0 Å². The Morgan fingerprint density at radius 3 is 0.938 bits per heavy atom. The lowest BCUT2D eigenvalue weighted by Gasteiger charge is -2.10. The van der Waals surface area contributed by atoms with Crippen LogP contribution in [-0.2, 0) is 26.9 Å². The molecule has 0 saturated carbocycles. The molecule has 0 fully saturated rings. The van der Waals surface area contributed by atoms with Crippen LogP contribution in [0, 0.1) is 0 Å². The Morgan fingerprint density at radius 1 is 0.333 bits per heavy atom. The van der Waals surface area contributed by atoms with Gasteiger partial charge in [-0.05, 0) is 82.3 Å². The number of hydrogen-bond donors (Lipinski definition) is 0. The van der Waals surface area contributed by atoms with Gasteiger partial charge in [0.05, 0.1) is 0 Å². The molecule has 4 aromatic carbocycles. The van der Waals surface area contributed by atoms with Crippen LogP contribution in [0.15, 0.2) is 60.7 Å². The van der Waals surface area contributed by atoms with Gasteiger partial charge in [0.25, 0.3) is 0 Å². The number of aromatic nitrogens is 2. The van der Waals surface area contributed by atoms with Gasteiger partial charge in [0.2, 0.25) is 0 Å². The Morgan fingerprint density at radius 2 is 0.604 bits per heavy atom. The summed E-state index contributed by atoms with van der Waals surface area (Å²) in [5.41, 5.74) is 5.67. The van der Waals surface area contributed by atoms with E-state index in [9.17, 15) is 0 Å². The fourth-order valence-corrected chi connectivity index (χ4v) is 8.50. The maximum atomic E-state index is 2.48. The number of benzene rings is 4. The summed E-state index contributed by atoms with van der Waals surface area (Å²) < 4.78 is 4.89. The van der Waals surface area contributed by atoms with Crippen LogP contribution in [0.5, 0.6) is 0 Å². The zero-order chi connectivity index (χ0) is 33.3. The summed E-state index contributed by atoms with van der Waals surface area (Å²) in [6.07, 6.45) is 27.2. The van der Waals surface area contributed by atoms with Gasteiger partial charge < -0.3 is 9.13 Å². The van der Waals surface area contributed by atoms with E-state index in [-0.39, 0.29) is 0 Å². The summed E-state index contributed by atoms with van der Waals surface area (Å²) in [6.45, 7) is 4.60. The highest BCUT2D eigenvalue weighted by Crippen LogP contribution is 2.38. The fourth-order valence-electron chi connectivity index (χ4n) is 8.50. The first-order valence-corrected chi connectivity index (χ1v) is 20.0. The average Bonchev–Trinajstić information content (AvgIpc) is 3.61. The number of hydrogen-bond acceptors (Lipinski definition) is 0. The van der Waals surface area contributed by atoms with Crippen LogP contribution in [0.25, 0.3) is 54.1 Å². The summed E-state index contributed by atoms with van der Waals surface area (Å²) in [7, 11) is 4.53. The van der Waals surface area contributed by atoms with E-state index in [2.05, 4.69) is 97.7 Å². The van der Waals surface area contributed by atoms with Crippen molar-refractivity contribution in [3.05, 3.63) is 72.1 Å². The standard InChI is InChI=1S/C46H62N2/c1-5-7-9-11-13-15-17-19-21-23-35-33-43-41-27-25-38-37(39(41)29-31-45(43)47(35)3)26-28-42-40(38)30-32-46-44(42)34-36(48(46)4)24-22-20-18-16-14-12-10-8-6-2/h25-34H,5-24H2,1-4H3. The Kier molecular flexibility index (Phi) is 12.2. The topological polar surface area (TPSA) is 9.86 Å². The van der Waals surface area contributed by atoms with Gasteiger partial charge in [-0.2, -0.15) is 0 Å². The summed E-state index contributed by atoms with van der Waals surface area (Å²) in [5.74, 6) is 0. The minimum atomic E-state index is 1.18. The average molecular weight is 643 g/mol. The van der Waals surface area contributed by atoms with Crippen LogP contribution in [-0.4, -0.2) is 9.13 Å². The molecule has 0 atom stereocenters. The molecule has 0 bridgehead atoms. The highest BCUT2D eigenvalue weighted by Gasteiger charge is 2.14. The first-order chi connectivity index (χ1) is 23.6. The van der Waals surface area contributed by atoms with E-state index < -0.39 is 0 Å². The van der Waals surface area contributed by atoms with Crippen molar-refractivity contribution in [3.8, 4) is 0 Å². The molecule has 2 heteroatoms. The predicted molar refractivity (Wildman–Crippen MR) is 214 cm³/mol. The van der Waals surface area contributed by atoms with Crippen molar-refractivity contribution in [2.45, 2.75) is 142 Å². The van der Waals surface area contributed by atoms with E-state index in [4.69, 9.17) is 0 Å². The SMILES string of the molecule is CCCCCCCCCCCc1cc2c3ccc4c(ccc5c4ccc4c5cc(CCCCCCCCCCC)n4C)c3ccc2n1C. The second-order valence-corrected chi connectivity index (χ2v) is 15.0. The van der Waals surface area contributed by atoms with E-state index in [1.165, 1.54) is 194 Å². The van der Waals surface area contributed by atoms with E-state index in [1.807, 2.05) is 0 Å². The second-order valence-electron chi connectivity index (χ2n) is 15.0. The molecular formula is C46H62N2. The first-order valence-electron chi connectivity index (χ1n) is 20.0. The van der Waals surface area contributed by atoms with E-state index in [0.29, 0.717) is 0 Å². The van der Waals surface area contributed by atoms with Gasteiger partial charge in [-0.1, -0.05) is 153 Å². The number of aryl methyl sites for hydroxylation is 4. The highest BCUT2D eigenvalue weighted by atomic mass is 14.9. The van der Waals surface area contributed by atoms with Crippen LogP contribution in [0.4, 0.5) is 0 Å². The number of nitrogens with zero attached hydrogens (tertiary/aromatic N) is 2. The maximum Gasteiger partial charge on any atom is 0.0486 e. The predicted octanol–water partition coefficient (Wildman–Crippen LogP) is 14.3. The molecule has 0 N–H and O–H groups in total. The molecule has 0 spiro atoms. The summed E-state index contributed by atoms with van der Waals surface area (Å²) >= 11 is 0. The lowest BCUT2D eigenvalue weighted by molar-refractivity contribution is 0.562. The molecule has 0 amide bonds. The lowest BCUT2D eigenvalue weighted by Crippen LogP contribution is -1.96. The van der Waals surface area contributed by atoms with Gasteiger partial charge in [-0.25, -0.2) is 0 Å². The van der Waals surface area contributed by atoms with Crippen molar-refractivity contribution in [2.75, 3.05) is 0 Å². The molecular weight excluding hydrogens is 581 g/mol. The van der Waals surface area contributed by atoms with Crippen molar-refractivity contribution < 1.29 is 0 Å². The van der Waals surface area contributed by atoms with E-state index >= 15 is 0 Å². The summed E-state index contributed by atoms with van der Waals surface area (Å²) in [4.78, 5) is 0. The fraction of sp³-hybridized carbons (Fsp3) is 0.522. The smallest absolute Gasteiger partial charge is 0.0486 e. The normalized spacial score (nSPS) is 12.2. The minimum absolute atomic E-state index is 1.18. The second kappa shape index (κ2) is 16.9. The molecule has 0 aliphatic heterocycles. The molecule has 2 aromatic heterocycles. The van der Waals surface area contributed by atoms with Crippen molar-refractivity contribution in [3.63, 3.8) is 0 Å². The van der Waals surface area contributed by atoms with E-state index in [0.717, 1.165) is 0 Å². The molecule has 48 heavy (non-hydrogen) atoms. The van der Waals surface area contributed by atoms with Gasteiger partial charge in [-0.3, -0.25) is 0 Å². The third kappa shape index (κ3) is 7.64. The summed E-state index contributed by atoms with van der Waals surface area (Å²) in [6, 6.07) is 24.0. The van der Waals surface area contributed by atoms with Crippen LogP contribution >= 0.6 is 0 Å². The lowest BCUT2D eigenvalue weighted by atomic mass is 9.94. The zero-order valence-electron chi connectivity index (χ0n) is 30.8.